The van der Waals surface area contributed by atoms with Crippen molar-refractivity contribution in [3.05, 3.63) is 0 Å². The van der Waals surface area contributed by atoms with Crippen LogP contribution in [0.1, 0.15) is 25.7 Å². The minimum Gasteiger partial charge on any atom is -0.388 e. The molecule has 7 N–H and O–H groups in total. The van der Waals surface area contributed by atoms with Crippen molar-refractivity contribution in [3.8, 4) is 0 Å². The molecule has 1 saturated carbocycles. The molecule has 2 aliphatic rings. The monoisotopic (exact) mass is 276 g/mol. The van der Waals surface area contributed by atoms with Gasteiger partial charge >= 0.3 is 0 Å². The number of aliphatic hydroxyl groups excluding tert-OH is 3. The Hall–Kier alpha value is -0.280. The maximum atomic E-state index is 9.90. The first kappa shape index (κ1) is 15.1. The van der Waals surface area contributed by atoms with Gasteiger partial charge in [0.05, 0.1) is 6.10 Å². The first-order chi connectivity index (χ1) is 9.04. The lowest BCUT2D eigenvalue weighted by atomic mass is 9.93. The van der Waals surface area contributed by atoms with E-state index in [1.807, 2.05) is 0 Å². The Morgan fingerprint density at radius 3 is 2.37 bits per heavy atom. The summed E-state index contributed by atoms with van der Waals surface area (Å²) in [4.78, 5) is 0. The topological polar surface area (TPSA) is 131 Å². The van der Waals surface area contributed by atoms with E-state index in [0.29, 0.717) is 0 Å². The number of hydrogen-bond donors (Lipinski definition) is 5. The van der Waals surface area contributed by atoms with Crippen molar-refractivity contribution in [1.82, 2.24) is 0 Å². The number of nitrogens with two attached hydrogens (primary N) is 2. The van der Waals surface area contributed by atoms with Crippen LogP contribution in [0.2, 0.25) is 0 Å². The average Bonchev–Trinajstić information content (AvgIpc) is 2.41. The highest BCUT2D eigenvalue weighted by Gasteiger charge is 2.45. The van der Waals surface area contributed by atoms with E-state index >= 15 is 0 Å². The van der Waals surface area contributed by atoms with Crippen LogP contribution < -0.4 is 11.5 Å². The summed E-state index contributed by atoms with van der Waals surface area (Å²) in [6.07, 6.45) is -2.01. The van der Waals surface area contributed by atoms with Gasteiger partial charge in [0.2, 0.25) is 0 Å². The number of ether oxygens (including phenoxy) is 2. The van der Waals surface area contributed by atoms with Crippen LogP contribution in [0.15, 0.2) is 0 Å². The lowest BCUT2D eigenvalue weighted by molar-refractivity contribution is -0.308. The van der Waals surface area contributed by atoms with Gasteiger partial charge < -0.3 is 36.3 Å². The lowest BCUT2D eigenvalue weighted by Gasteiger charge is -2.42. The van der Waals surface area contributed by atoms with Crippen LogP contribution in [-0.2, 0) is 9.47 Å². The SMILES string of the molecule is NC[C@H]1O[C@@H](O[C@@H]2CCCC[C@H]2N)[C@H](O)[C@@H](O)[C@@H]1O. The molecular weight excluding hydrogens is 252 g/mol. The first-order valence-electron chi connectivity index (χ1n) is 6.85. The lowest BCUT2D eigenvalue weighted by Crippen LogP contribution is -2.61. The van der Waals surface area contributed by atoms with Crippen molar-refractivity contribution < 1.29 is 24.8 Å². The van der Waals surface area contributed by atoms with Crippen molar-refractivity contribution in [1.29, 1.82) is 0 Å². The smallest absolute Gasteiger partial charge is 0.186 e. The fourth-order valence-corrected chi connectivity index (χ4v) is 2.69. The van der Waals surface area contributed by atoms with Crippen LogP contribution in [0.4, 0.5) is 0 Å². The molecule has 2 fully saturated rings. The van der Waals surface area contributed by atoms with E-state index in [4.69, 9.17) is 20.9 Å². The maximum Gasteiger partial charge on any atom is 0.186 e. The molecule has 19 heavy (non-hydrogen) atoms. The van der Waals surface area contributed by atoms with Gasteiger partial charge in [-0.05, 0) is 12.8 Å². The van der Waals surface area contributed by atoms with Gasteiger partial charge in [-0.25, -0.2) is 0 Å². The van der Waals surface area contributed by atoms with Crippen LogP contribution in [-0.4, -0.2) is 64.7 Å². The molecule has 0 bridgehead atoms. The average molecular weight is 276 g/mol. The Labute approximate surface area is 112 Å². The van der Waals surface area contributed by atoms with Gasteiger partial charge in [-0.2, -0.15) is 0 Å². The molecule has 112 valence electrons. The van der Waals surface area contributed by atoms with Crippen molar-refractivity contribution in [2.45, 2.75) is 68.5 Å². The Balaban J connectivity index is 1.98. The van der Waals surface area contributed by atoms with E-state index in [1.165, 1.54) is 0 Å². The Bertz CT molecular complexity index is 291. The summed E-state index contributed by atoms with van der Waals surface area (Å²) in [5.74, 6) is 0. The van der Waals surface area contributed by atoms with E-state index in [1.54, 1.807) is 0 Å². The Morgan fingerprint density at radius 2 is 1.74 bits per heavy atom. The van der Waals surface area contributed by atoms with E-state index in [9.17, 15) is 15.3 Å². The van der Waals surface area contributed by atoms with Crippen LogP contribution in [0.5, 0.6) is 0 Å². The second-order valence-electron chi connectivity index (χ2n) is 5.37. The fraction of sp³-hybridized carbons (Fsp3) is 1.00. The van der Waals surface area contributed by atoms with Crippen molar-refractivity contribution >= 4 is 0 Å². The van der Waals surface area contributed by atoms with Crippen LogP contribution >= 0.6 is 0 Å². The van der Waals surface area contributed by atoms with Crippen molar-refractivity contribution in [2.24, 2.45) is 11.5 Å². The molecule has 1 saturated heterocycles. The molecule has 2 rings (SSSR count). The molecule has 7 heteroatoms. The molecule has 0 aromatic rings. The Morgan fingerprint density at radius 1 is 1.05 bits per heavy atom. The Kier molecular flexibility index (Phi) is 5.13. The fourth-order valence-electron chi connectivity index (χ4n) is 2.69. The summed E-state index contributed by atoms with van der Waals surface area (Å²) >= 11 is 0. The molecule has 7 atom stereocenters. The van der Waals surface area contributed by atoms with Crippen LogP contribution in [0.3, 0.4) is 0 Å². The van der Waals surface area contributed by atoms with Gasteiger partial charge in [-0.15, -0.1) is 0 Å². The van der Waals surface area contributed by atoms with E-state index in [-0.39, 0.29) is 18.7 Å². The molecule has 0 aromatic heterocycles. The van der Waals surface area contributed by atoms with Crippen molar-refractivity contribution in [2.75, 3.05) is 6.54 Å². The zero-order valence-electron chi connectivity index (χ0n) is 10.9. The molecule has 7 nitrogen and oxygen atoms in total. The zero-order chi connectivity index (χ0) is 14.0. The number of rotatable bonds is 3. The summed E-state index contributed by atoms with van der Waals surface area (Å²) in [5.41, 5.74) is 11.4. The number of aliphatic hydroxyl groups is 3. The standard InChI is InChI=1S/C12H24N2O5/c13-5-8-9(15)10(16)11(17)12(19-8)18-7-4-2-1-3-6(7)14/h6-12,15-17H,1-5,13-14H2/t6-,7-,8-,9-,10+,11-,12-/m1/s1. The minimum absolute atomic E-state index is 0.0432. The molecule has 0 aromatic carbocycles. The summed E-state index contributed by atoms with van der Waals surface area (Å²) in [7, 11) is 0. The van der Waals surface area contributed by atoms with E-state index in [2.05, 4.69) is 0 Å². The second kappa shape index (κ2) is 6.45. The molecule has 1 aliphatic carbocycles. The van der Waals surface area contributed by atoms with E-state index in [0.717, 1.165) is 25.7 Å². The molecule has 1 aliphatic heterocycles. The second-order valence-corrected chi connectivity index (χ2v) is 5.37. The summed E-state index contributed by atoms with van der Waals surface area (Å²) < 4.78 is 11.1. The highest BCUT2D eigenvalue weighted by atomic mass is 16.7. The third-order valence-electron chi connectivity index (χ3n) is 3.96. The maximum absolute atomic E-state index is 9.90. The molecule has 1 heterocycles. The highest BCUT2D eigenvalue weighted by Crippen LogP contribution is 2.27. The third kappa shape index (κ3) is 3.25. The van der Waals surface area contributed by atoms with Gasteiger partial charge in [0.25, 0.3) is 0 Å². The van der Waals surface area contributed by atoms with Crippen molar-refractivity contribution in [3.63, 3.8) is 0 Å². The largest absolute Gasteiger partial charge is 0.388 e. The van der Waals surface area contributed by atoms with Gasteiger partial charge in [0.1, 0.15) is 24.4 Å². The predicted molar refractivity (Wildman–Crippen MR) is 67.1 cm³/mol. The quantitative estimate of drug-likeness (QED) is 0.404. The van der Waals surface area contributed by atoms with Gasteiger partial charge in [0.15, 0.2) is 6.29 Å². The first-order valence-corrected chi connectivity index (χ1v) is 6.85. The highest BCUT2D eigenvalue weighted by molar-refractivity contribution is 4.90. The molecular formula is C12H24N2O5. The van der Waals surface area contributed by atoms with Gasteiger partial charge in [-0.1, -0.05) is 12.8 Å². The summed E-state index contributed by atoms with van der Waals surface area (Å²) in [6, 6.07) is -0.0927. The van der Waals surface area contributed by atoms with Gasteiger partial charge in [-0.3, -0.25) is 0 Å². The summed E-state index contributed by atoms with van der Waals surface area (Å²) in [6.45, 7) is 0.0432. The van der Waals surface area contributed by atoms with Crippen LogP contribution in [0.25, 0.3) is 0 Å². The number of hydrogen-bond acceptors (Lipinski definition) is 7. The molecule has 0 spiro atoms. The minimum atomic E-state index is -1.33. The predicted octanol–water partition coefficient (Wildman–Crippen LogP) is -1.96. The van der Waals surface area contributed by atoms with Crippen LogP contribution in [0, 0.1) is 0 Å². The van der Waals surface area contributed by atoms with E-state index < -0.39 is 30.7 Å². The molecule has 0 radical (unpaired) electrons. The molecule has 0 unspecified atom stereocenters. The zero-order valence-corrected chi connectivity index (χ0v) is 10.9. The normalized spacial score (nSPS) is 48.2. The van der Waals surface area contributed by atoms with Gasteiger partial charge in [0, 0.05) is 12.6 Å². The third-order valence-corrected chi connectivity index (χ3v) is 3.96. The summed E-state index contributed by atoms with van der Waals surface area (Å²) in [5, 5.41) is 29.4. The molecule has 0 amide bonds.